The predicted molar refractivity (Wildman–Crippen MR) is 168 cm³/mol. The van der Waals surface area contributed by atoms with Gasteiger partial charge in [0.25, 0.3) is 5.91 Å². The average Bonchev–Trinajstić information content (AvgIpc) is 3.27. The summed E-state index contributed by atoms with van der Waals surface area (Å²) < 4.78 is 15.1. The van der Waals surface area contributed by atoms with Crippen molar-refractivity contribution in [3.05, 3.63) is 47.3 Å². The molecule has 8 rings (SSSR count). The average molecular weight is 609 g/mol. The second-order valence-electron chi connectivity index (χ2n) is 12.7. The number of fused-ring (bicyclic) bond motifs is 4. The summed E-state index contributed by atoms with van der Waals surface area (Å²) in [5.41, 5.74) is 12.4. The lowest BCUT2D eigenvalue weighted by Crippen LogP contribution is -2.41. The second kappa shape index (κ2) is 10.2. The van der Waals surface area contributed by atoms with E-state index in [1.54, 1.807) is 7.11 Å². The highest BCUT2D eigenvalue weighted by Gasteiger charge is 2.47. The maximum Gasteiger partial charge on any atom is 0.359 e. The summed E-state index contributed by atoms with van der Waals surface area (Å²) in [6.07, 6.45) is 4.36. The molecule has 3 fully saturated rings. The van der Waals surface area contributed by atoms with E-state index in [2.05, 4.69) is 20.8 Å². The number of pyridine rings is 1. The molecule has 2 unspecified atom stereocenters. The molecule has 0 spiro atoms. The summed E-state index contributed by atoms with van der Waals surface area (Å²) in [6.45, 7) is 3.36. The summed E-state index contributed by atoms with van der Waals surface area (Å²) >= 11 is 0. The largest absolute Gasteiger partial charge is 0.494 e. The Balaban J connectivity index is 1.25. The van der Waals surface area contributed by atoms with Gasteiger partial charge >= 0.3 is 5.97 Å². The van der Waals surface area contributed by atoms with E-state index in [9.17, 15) is 9.59 Å². The number of benzene rings is 1. The number of nitrogens with one attached hydrogen (secondary N) is 1. The van der Waals surface area contributed by atoms with Crippen LogP contribution in [-0.4, -0.2) is 78.9 Å². The molecular formula is C33H36N8O4. The Hall–Kier alpha value is -4.71. The lowest BCUT2D eigenvalue weighted by molar-refractivity contribution is 0.0594. The summed E-state index contributed by atoms with van der Waals surface area (Å²) in [5.74, 6) is 1.74. The third-order valence-corrected chi connectivity index (χ3v) is 10.0. The van der Waals surface area contributed by atoms with Crippen molar-refractivity contribution in [3.8, 4) is 28.5 Å². The van der Waals surface area contributed by atoms with Crippen LogP contribution in [0.15, 0.2) is 30.3 Å². The third kappa shape index (κ3) is 4.26. The highest BCUT2D eigenvalue weighted by atomic mass is 16.5. The van der Waals surface area contributed by atoms with Gasteiger partial charge in [0.15, 0.2) is 11.5 Å². The number of carbonyl (C=O) groups excluding carboxylic acids is 2. The third-order valence-electron chi connectivity index (χ3n) is 10.0. The Bertz CT molecular complexity index is 2020. The number of hydrogen-bond donors (Lipinski definition) is 2. The fourth-order valence-electron chi connectivity index (χ4n) is 7.45. The number of ether oxygens (including phenoxy) is 2. The van der Waals surface area contributed by atoms with Crippen LogP contribution in [0, 0.1) is 18.8 Å². The first-order valence-corrected chi connectivity index (χ1v) is 15.5. The van der Waals surface area contributed by atoms with Gasteiger partial charge in [0, 0.05) is 48.9 Å². The molecule has 45 heavy (non-hydrogen) atoms. The molecule has 0 radical (unpaired) electrons. The van der Waals surface area contributed by atoms with E-state index in [1.807, 2.05) is 47.7 Å². The van der Waals surface area contributed by atoms with Crippen molar-refractivity contribution < 1.29 is 19.1 Å². The maximum absolute atomic E-state index is 13.7. The van der Waals surface area contributed by atoms with Crippen LogP contribution in [0.2, 0.25) is 0 Å². The first-order chi connectivity index (χ1) is 21.8. The second-order valence-corrected chi connectivity index (χ2v) is 12.7. The van der Waals surface area contributed by atoms with Crippen LogP contribution < -0.4 is 10.5 Å². The van der Waals surface area contributed by atoms with Gasteiger partial charge in [0.2, 0.25) is 0 Å². The Morgan fingerprint density at radius 2 is 1.91 bits per heavy atom. The molecule has 2 aliphatic carbocycles. The van der Waals surface area contributed by atoms with Crippen molar-refractivity contribution in [1.29, 1.82) is 0 Å². The predicted octanol–water partition coefficient (Wildman–Crippen LogP) is 4.06. The number of H-pyrrole nitrogens is 1. The summed E-state index contributed by atoms with van der Waals surface area (Å²) in [6, 6.07) is 9.88. The number of aromatic nitrogens is 6. The number of esters is 1. The van der Waals surface area contributed by atoms with Crippen molar-refractivity contribution in [3.63, 3.8) is 0 Å². The Morgan fingerprint density at radius 3 is 2.60 bits per heavy atom. The summed E-state index contributed by atoms with van der Waals surface area (Å²) in [7, 11) is 4.94. The number of carbonyl (C=O) groups is 2. The van der Waals surface area contributed by atoms with Crippen LogP contribution in [-0.2, 0) is 18.3 Å². The fourth-order valence-corrected chi connectivity index (χ4v) is 7.45. The molecule has 12 heteroatoms. The zero-order valence-corrected chi connectivity index (χ0v) is 25.8. The van der Waals surface area contributed by atoms with Gasteiger partial charge in [-0.25, -0.2) is 14.8 Å². The number of methoxy groups -OCH3 is 2. The number of amides is 1. The highest BCUT2D eigenvalue weighted by molar-refractivity contribution is 6.01. The molecule has 3 N–H and O–H groups in total. The number of likely N-dealkylation sites (tertiary alicyclic amines) is 1. The van der Waals surface area contributed by atoms with Crippen molar-refractivity contribution >= 4 is 33.9 Å². The van der Waals surface area contributed by atoms with Gasteiger partial charge in [-0.3, -0.25) is 9.89 Å². The Labute approximate surface area is 259 Å². The minimum absolute atomic E-state index is 0.0227. The lowest BCUT2D eigenvalue weighted by atomic mass is 10.1. The van der Waals surface area contributed by atoms with Gasteiger partial charge in [-0.1, -0.05) is 0 Å². The number of rotatable bonds is 7. The van der Waals surface area contributed by atoms with Crippen LogP contribution in [0.4, 0.5) is 0 Å². The van der Waals surface area contributed by atoms with Crippen molar-refractivity contribution in [2.75, 3.05) is 20.8 Å². The summed E-state index contributed by atoms with van der Waals surface area (Å²) in [5, 5.41) is 8.05. The van der Waals surface area contributed by atoms with Gasteiger partial charge in [-0.2, -0.15) is 5.10 Å². The molecule has 5 aromatic rings. The zero-order valence-electron chi connectivity index (χ0n) is 25.8. The standard InChI is InChI=1S/C33H36N8O4/c1-16-26(28(38-37-16)33(43)45-4)21-9-7-18-12-24(40(30(18)35-21)14-17-5-6-17)31-36-22-11-20(13-25(44-3)29(22)39(31)2)32(42)41-15-19-8-10-23(41)27(19)34/h7,9,11-13,17,19,23,27H,5-6,8,10,14-15,34H2,1-4H3,(H,37,38)/t19?,23?,27-/m1/s1. The number of piperidine rings is 1. The molecule has 3 atom stereocenters. The van der Waals surface area contributed by atoms with E-state index in [0.717, 1.165) is 66.0 Å². The normalized spacial score (nSPS) is 20.9. The lowest BCUT2D eigenvalue weighted by Gasteiger charge is -2.27. The van der Waals surface area contributed by atoms with E-state index in [-0.39, 0.29) is 23.7 Å². The molecule has 5 heterocycles. The number of nitrogens with zero attached hydrogens (tertiary/aromatic N) is 6. The van der Waals surface area contributed by atoms with Crippen molar-refractivity contribution in [2.45, 2.75) is 51.2 Å². The summed E-state index contributed by atoms with van der Waals surface area (Å²) in [4.78, 5) is 38.3. The minimum atomic E-state index is -0.517. The molecule has 2 saturated carbocycles. The SMILES string of the molecule is COC(=O)c1n[nH]c(C)c1-c1ccc2cc(-c3nc4cc(C(=O)N5CC6CCC5[C@@H]6N)cc(OC)c4n3C)n(CC3CC3)c2n1. The Kier molecular flexibility index (Phi) is 6.28. The van der Waals surface area contributed by atoms with E-state index < -0.39 is 5.97 Å². The molecule has 3 aliphatic rings. The molecular weight excluding hydrogens is 572 g/mol. The van der Waals surface area contributed by atoms with Gasteiger partial charge in [0.1, 0.15) is 16.9 Å². The number of imidazole rings is 1. The van der Waals surface area contributed by atoms with Crippen LogP contribution in [0.3, 0.4) is 0 Å². The first kappa shape index (κ1) is 27.8. The van der Waals surface area contributed by atoms with Gasteiger partial charge in [-0.05, 0) is 74.8 Å². The van der Waals surface area contributed by atoms with Crippen LogP contribution in [0.25, 0.3) is 44.8 Å². The molecule has 1 saturated heterocycles. The van der Waals surface area contributed by atoms with Crippen LogP contribution in [0.1, 0.15) is 52.2 Å². The number of nitrogens with two attached hydrogens (primary N) is 1. The topological polar surface area (TPSA) is 146 Å². The molecule has 1 aliphatic heterocycles. The molecule has 12 nitrogen and oxygen atoms in total. The van der Waals surface area contributed by atoms with E-state index in [4.69, 9.17) is 25.2 Å². The van der Waals surface area contributed by atoms with E-state index >= 15 is 0 Å². The monoisotopic (exact) mass is 608 g/mol. The van der Waals surface area contributed by atoms with Crippen molar-refractivity contribution in [2.24, 2.45) is 24.6 Å². The maximum atomic E-state index is 13.7. The highest BCUT2D eigenvalue weighted by Crippen LogP contribution is 2.40. The fraction of sp³-hybridized carbons (Fsp3) is 0.424. The van der Waals surface area contributed by atoms with Crippen LogP contribution >= 0.6 is 0 Å². The van der Waals surface area contributed by atoms with Gasteiger partial charge < -0.3 is 29.2 Å². The molecule has 1 aromatic carbocycles. The number of hydrogen-bond acceptors (Lipinski definition) is 8. The van der Waals surface area contributed by atoms with Gasteiger partial charge in [0.05, 0.1) is 36.7 Å². The number of aromatic amines is 1. The molecule has 232 valence electrons. The van der Waals surface area contributed by atoms with Crippen LogP contribution in [0.5, 0.6) is 5.75 Å². The molecule has 1 amide bonds. The molecule has 4 aromatic heterocycles. The quantitative estimate of drug-likeness (QED) is 0.263. The minimum Gasteiger partial charge on any atom is -0.494 e. The number of aryl methyl sites for hydroxylation is 2. The van der Waals surface area contributed by atoms with Gasteiger partial charge in [-0.15, -0.1) is 0 Å². The van der Waals surface area contributed by atoms with Crippen molar-refractivity contribution in [1.82, 2.24) is 34.2 Å². The van der Waals surface area contributed by atoms with E-state index in [1.165, 1.54) is 7.11 Å². The molecule has 2 bridgehead atoms. The first-order valence-electron chi connectivity index (χ1n) is 15.5. The zero-order chi connectivity index (χ0) is 31.1. The van der Waals surface area contributed by atoms with E-state index in [0.29, 0.717) is 46.5 Å². The smallest absolute Gasteiger partial charge is 0.359 e. The Morgan fingerprint density at radius 1 is 1.09 bits per heavy atom.